The molecule has 0 saturated carbocycles. The van der Waals surface area contributed by atoms with Gasteiger partial charge < -0.3 is 9.73 Å². The minimum atomic E-state index is -0.106. The van der Waals surface area contributed by atoms with Crippen LogP contribution in [0.3, 0.4) is 0 Å². The van der Waals surface area contributed by atoms with Gasteiger partial charge in [0.15, 0.2) is 0 Å². The highest BCUT2D eigenvalue weighted by atomic mass is 16.3. The molecule has 9 rings (SSSR count). The van der Waals surface area contributed by atoms with Gasteiger partial charge in [-0.05, 0) is 92.2 Å². The van der Waals surface area contributed by atoms with E-state index in [1.807, 2.05) is 6.07 Å². The van der Waals surface area contributed by atoms with Crippen molar-refractivity contribution >= 4 is 54.9 Å². The van der Waals surface area contributed by atoms with Crippen LogP contribution >= 0.6 is 0 Å². The highest BCUT2D eigenvalue weighted by Crippen LogP contribution is 2.45. The Hall–Kier alpha value is -5.34. The van der Waals surface area contributed by atoms with Gasteiger partial charge in [-0.25, -0.2) is 0 Å². The minimum Gasteiger partial charge on any atom is -0.455 e. The van der Waals surface area contributed by atoms with Gasteiger partial charge in [0.2, 0.25) is 0 Å². The Morgan fingerprint density at radius 3 is 2.20 bits per heavy atom. The molecule has 1 N–H and O–H groups in total. The molecule has 0 saturated heterocycles. The van der Waals surface area contributed by atoms with E-state index >= 15 is 0 Å². The molecule has 1 aliphatic rings. The fraction of sp³-hybridized carbons (Fsp3) is 0.0952. The van der Waals surface area contributed by atoms with Crippen LogP contribution in [-0.2, 0) is 11.8 Å². The van der Waals surface area contributed by atoms with E-state index in [1.165, 1.54) is 43.8 Å². The molecule has 0 atom stereocenters. The second-order valence-electron chi connectivity index (χ2n) is 12.7. The van der Waals surface area contributed by atoms with Crippen LogP contribution in [0.15, 0.2) is 138 Å². The van der Waals surface area contributed by atoms with E-state index in [0.717, 1.165) is 50.9 Å². The summed E-state index contributed by atoms with van der Waals surface area (Å²) in [6.07, 6.45) is 0.953. The normalized spacial score (nSPS) is 13.8. The van der Waals surface area contributed by atoms with Gasteiger partial charge in [0, 0.05) is 33.1 Å². The molecule has 0 bridgehead atoms. The summed E-state index contributed by atoms with van der Waals surface area (Å²) in [4.78, 5) is 0. The summed E-state index contributed by atoms with van der Waals surface area (Å²) in [7, 11) is 0. The fourth-order valence-electron chi connectivity index (χ4n) is 7.47. The van der Waals surface area contributed by atoms with Crippen molar-refractivity contribution in [3.63, 3.8) is 0 Å². The van der Waals surface area contributed by atoms with Crippen LogP contribution in [-0.4, -0.2) is 0 Å². The molecule has 2 nitrogen and oxygen atoms in total. The summed E-state index contributed by atoms with van der Waals surface area (Å²) in [5.41, 5.74) is 11.8. The Balaban J connectivity index is 1.17. The van der Waals surface area contributed by atoms with E-state index in [-0.39, 0.29) is 5.41 Å². The first-order valence-electron chi connectivity index (χ1n) is 15.4. The molecule has 0 spiro atoms. The molecular weight excluding hydrogens is 534 g/mol. The zero-order chi connectivity index (χ0) is 29.4. The van der Waals surface area contributed by atoms with Gasteiger partial charge in [-0.1, -0.05) is 111 Å². The van der Waals surface area contributed by atoms with Crippen molar-refractivity contribution in [3.8, 4) is 11.1 Å². The summed E-state index contributed by atoms with van der Waals surface area (Å²) >= 11 is 0. The topological polar surface area (TPSA) is 25.2 Å². The van der Waals surface area contributed by atoms with Crippen LogP contribution < -0.4 is 5.32 Å². The van der Waals surface area contributed by atoms with Crippen molar-refractivity contribution in [1.29, 1.82) is 0 Å². The average Bonchev–Trinajstić information content (AvgIpc) is 3.43. The number of benzene rings is 7. The maximum atomic E-state index is 6.49. The third kappa shape index (κ3) is 3.81. The van der Waals surface area contributed by atoms with E-state index < -0.39 is 0 Å². The Bertz CT molecular complexity index is 2430. The Kier molecular flexibility index (Phi) is 5.34. The number of anilines is 2. The van der Waals surface area contributed by atoms with Crippen LogP contribution in [0, 0.1) is 0 Å². The van der Waals surface area contributed by atoms with Crippen LogP contribution in [0.25, 0.3) is 54.6 Å². The standard InChI is InChI=1S/C42H31NO/c1-42(2)38-20-18-27-10-5-6-12-33(27)36(38)22-30-17-19-31(25-39(30)42)43-32-23-35(29-16-15-26-9-3-4-11-28(26)21-29)41-37(24-32)34-13-7-8-14-40(34)44-41/h3-21,23-25,43H,22H2,1-2H3. The Labute approximate surface area is 256 Å². The number of nitrogens with one attached hydrogen (secondary N) is 1. The largest absolute Gasteiger partial charge is 0.455 e. The molecular formula is C42H31NO. The molecule has 1 aliphatic carbocycles. The molecule has 44 heavy (non-hydrogen) atoms. The third-order valence-electron chi connectivity index (χ3n) is 9.69. The van der Waals surface area contributed by atoms with E-state index in [2.05, 4.69) is 147 Å². The van der Waals surface area contributed by atoms with Crippen LogP contribution in [0.1, 0.15) is 36.1 Å². The number of furan rings is 1. The van der Waals surface area contributed by atoms with Gasteiger partial charge in [0.25, 0.3) is 0 Å². The highest BCUT2D eigenvalue weighted by Gasteiger charge is 2.33. The lowest BCUT2D eigenvalue weighted by molar-refractivity contribution is 0.613. The number of hydrogen-bond acceptors (Lipinski definition) is 2. The fourth-order valence-corrected chi connectivity index (χ4v) is 7.47. The van der Waals surface area contributed by atoms with Crippen molar-refractivity contribution in [3.05, 3.63) is 156 Å². The monoisotopic (exact) mass is 565 g/mol. The summed E-state index contributed by atoms with van der Waals surface area (Å²) in [5, 5.41) is 11.2. The predicted octanol–water partition coefficient (Wildman–Crippen LogP) is 11.5. The van der Waals surface area contributed by atoms with Crippen LogP contribution in [0.2, 0.25) is 0 Å². The molecule has 0 fully saturated rings. The Morgan fingerprint density at radius 1 is 0.568 bits per heavy atom. The molecule has 0 aliphatic heterocycles. The Morgan fingerprint density at radius 2 is 1.32 bits per heavy atom. The molecule has 2 heteroatoms. The molecule has 1 aromatic heterocycles. The van der Waals surface area contributed by atoms with Gasteiger partial charge in [-0.2, -0.15) is 0 Å². The first-order valence-corrected chi connectivity index (χ1v) is 15.4. The zero-order valence-electron chi connectivity index (χ0n) is 24.8. The SMILES string of the molecule is CC1(C)c2cc(Nc3cc(-c4ccc5ccccc5c4)c4oc5ccccc5c4c3)ccc2Cc2c1ccc1ccccc21. The van der Waals surface area contributed by atoms with Crippen molar-refractivity contribution < 1.29 is 4.42 Å². The smallest absolute Gasteiger partial charge is 0.143 e. The van der Waals surface area contributed by atoms with E-state index in [0.29, 0.717) is 0 Å². The van der Waals surface area contributed by atoms with E-state index in [9.17, 15) is 0 Å². The molecule has 0 amide bonds. The van der Waals surface area contributed by atoms with E-state index in [1.54, 1.807) is 0 Å². The zero-order valence-corrected chi connectivity index (χ0v) is 24.8. The van der Waals surface area contributed by atoms with Crippen LogP contribution in [0.5, 0.6) is 0 Å². The molecule has 0 radical (unpaired) electrons. The van der Waals surface area contributed by atoms with E-state index in [4.69, 9.17) is 4.42 Å². The second kappa shape index (κ2) is 9.33. The first-order chi connectivity index (χ1) is 21.5. The van der Waals surface area contributed by atoms with Gasteiger partial charge in [0.1, 0.15) is 11.2 Å². The summed E-state index contributed by atoms with van der Waals surface area (Å²) < 4.78 is 6.49. The third-order valence-corrected chi connectivity index (χ3v) is 9.69. The number of rotatable bonds is 3. The average molecular weight is 566 g/mol. The summed E-state index contributed by atoms with van der Waals surface area (Å²) in [5.74, 6) is 0. The molecule has 8 aromatic rings. The lowest BCUT2D eigenvalue weighted by Crippen LogP contribution is -2.27. The second-order valence-corrected chi connectivity index (χ2v) is 12.7. The highest BCUT2D eigenvalue weighted by molar-refractivity contribution is 6.11. The lowest BCUT2D eigenvalue weighted by atomic mass is 9.68. The minimum absolute atomic E-state index is 0.106. The number of fused-ring (bicyclic) bond motifs is 8. The van der Waals surface area contributed by atoms with Crippen molar-refractivity contribution in [2.45, 2.75) is 25.7 Å². The van der Waals surface area contributed by atoms with Crippen molar-refractivity contribution in [2.24, 2.45) is 0 Å². The summed E-state index contributed by atoms with van der Waals surface area (Å²) in [6.45, 7) is 4.73. The predicted molar refractivity (Wildman–Crippen MR) is 185 cm³/mol. The van der Waals surface area contributed by atoms with Gasteiger partial charge in [-0.15, -0.1) is 0 Å². The first kappa shape index (κ1) is 25.2. The maximum Gasteiger partial charge on any atom is 0.143 e. The maximum absolute atomic E-state index is 6.49. The molecule has 7 aromatic carbocycles. The quantitative estimate of drug-likeness (QED) is 0.230. The summed E-state index contributed by atoms with van der Waals surface area (Å²) in [6, 6.07) is 48.3. The van der Waals surface area contributed by atoms with Crippen molar-refractivity contribution in [1.82, 2.24) is 0 Å². The number of hydrogen-bond donors (Lipinski definition) is 1. The van der Waals surface area contributed by atoms with Gasteiger partial charge >= 0.3 is 0 Å². The number of para-hydroxylation sites is 1. The van der Waals surface area contributed by atoms with Crippen LogP contribution in [0.4, 0.5) is 11.4 Å². The molecule has 210 valence electrons. The molecule has 0 unspecified atom stereocenters. The van der Waals surface area contributed by atoms with Crippen molar-refractivity contribution in [2.75, 3.05) is 5.32 Å². The van der Waals surface area contributed by atoms with Gasteiger partial charge in [-0.3, -0.25) is 0 Å². The van der Waals surface area contributed by atoms with Gasteiger partial charge in [0.05, 0.1) is 0 Å². The molecule has 1 heterocycles. The lowest BCUT2D eigenvalue weighted by Gasteiger charge is -2.36.